The minimum absolute atomic E-state index is 0.0963. The van der Waals surface area contributed by atoms with Crippen LogP contribution in [0.25, 0.3) is 16.2 Å². The highest BCUT2D eigenvalue weighted by Crippen LogP contribution is 2.22. The number of thiazole rings is 1. The fraction of sp³-hybridized carbons (Fsp3) is 0.0556. The fourth-order valence-electron chi connectivity index (χ4n) is 2.62. The molecule has 0 aliphatic rings. The van der Waals surface area contributed by atoms with E-state index in [0.717, 1.165) is 21.7 Å². The van der Waals surface area contributed by atoms with E-state index in [9.17, 15) is 4.79 Å². The minimum Gasteiger partial charge on any atom is -0.326 e. The first-order valence-electron chi connectivity index (χ1n) is 7.60. The second kappa shape index (κ2) is 6.66. The molecule has 5 nitrogen and oxygen atoms in total. The molecule has 0 saturated carbocycles. The molecule has 0 bridgehead atoms. The number of hydrogen-bond acceptors (Lipinski definition) is 4. The highest BCUT2D eigenvalue weighted by molar-refractivity contribution is 7.12. The van der Waals surface area contributed by atoms with Crippen LogP contribution in [-0.2, 0) is 11.2 Å². The Labute approximate surface area is 152 Å². The number of aromatic nitrogens is 3. The van der Waals surface area contributed by atoms with Crippen LogP contribution in [0.3, 0.4) is 0 Å². The van der Waals surface area contributed by atoms with Crippen LogP contribution in [0.2, 0.25) is 5.02 Å². The van der Waals surface area contributed by atoms with E-state index >= 15 is 0 Å². The zero-order valence-corrected chi connectivity index (χ0v) is 14.6. The molecule has 0 atom stereocenters. The molecule has 0 radical (unpaired) electrons. The molecule has 0 aliphatic heterocycles. The monoisotopic (exact) mass is 368 g/mol. The summed E-state index contributed by atoms with van der Waals surface area (Å²) in [5.41, 5.74) is 3.33. The molecule has 0 saturated heterocycles. The zero-order valence-electron chi connectivity index (χ0n) is 13.0. The molecule has 0 aliphatic carbocycles. The first-order chi connectivity index (χ1) is 12.2. The molecule has 2 heterocycles. The summed E-state index contributed by atoms with van der Waals surface area (Å²) in [6.45, 7) is 0. The van der Waals surface area contributed by atoms with E-state index < -0.39 is 0 Å². The van der Waals surface area contributed by atoms with E-state index in [1.165, 1.54) is 0 Å². The van der Waals surface area contributed by atoms with Crippen molar-refractivity contribution >= 4 is 45.6 Å². The topological polar surface area (TPSA) is 59.8 Å². The summed E-state index contributed by atoms with van der Waals surface area (Å²) in [4.78, 5) is 20.9. The van der Waals surface area contributed by atoms with E-state index in [-0.39, 0.29) is 12.3 Å². The van der Waals surface area contributed by atoms with Gasteiger partial charge in [-0.05, 0) is 35.9 Å². The third-order valence-corrected chi connectivity index (χ3v) is 4.72. The predicted octanol–water partition coefficient (Wildman–Crippen LogP) is 4.32. The number of carbonyl (C=O) groups excluding carboxylic acids is 1. The molecule has 1 N–H and O–H groups in total. The molecule has 1 amide bonds. The quantitative estimate of drug-likeness (QED) is 0.583. The molecule has 0 spiro atoms. The number of fused-ring (bicyclic) bond motifs is 1. The van der Waals surface area contributed by atoms with Crippen LogP contribution in [0.15, 0.2) is 60.4 Å². The zero-order chi connectivity index (χ0) is 17.2. The van der Waals surface area contributed by atoms with Gasteiger partial charge in [0, 0.05) is 22.3 Å². The number of benzene rings is 2. The van der Waals surface area contributed by atoms with Gasteiger partial charge >= 0.3 is 0 Å². The summed E-state index contributed by atoms with van der Waals surface area (Å²) < 4.78 is 1.93. The van der Waals surface area contributed by atoms with Crippen LogP contribution >= 0.6 is 22.9 Å². The first kappa shape index (κ1) is 15.8. The van der Waals surface area contributed by atoms with Crippen LogP contribution in [0.1, 0.15) is 5.56 Å². The average molecular weight is 369 g/mol. The molecule has 0 unspecified atom stereocenters. The van der Waals surface area contributed by atoms with Gasteiger partial charge in [0.1, 0.15) is 6.33 Å². The molecule has 2 aromatic carbocycles. The van der Waals surface area contributed by atoms with E-state index in [1.807, 2.05) is 40.3 Å². The van der Waals surface area contributed by atoms with Gasteiger partial charge < -0.3 is 5.32 Å². The Balaban J connectivity index is 1.53. The summed E-state index contributed by atoms with van der Waals surface area (Å²) in [5, 5.41) is 6.31. The number of nitrogens with one attached hydrogen (secondary N) is 1. The number of rotatable bonds is 4. The minimum atomic E-state index is -0.0963. The summed E-state index contributed by atoms with van der Waals surface area (Å²) in [5.74, 6) is -0.0963. The van der Waals surface area contributed by atoms with Crippen molar-refractivity contribution in [3.63, 3.8) is 0 Å². The van der Waals surface area contributed by atoms with Crippen LogP contribution in [0.5, 0.6) is 0 Å². The molecule has 7 heteroatoms. The number of carbonyl (C=O) groups is 1. The van der Waals surface area contributed by atoms with Crippen LogP contribution in [0, 0.1) is 0 Å². The van der Waals surface area contributed by atoms with E-state index in [1.54, 1.807) is 36.0 Å². The Morgan fingerprint density at radius 2 is 2.12 bits per heavy atom. The SMILES string of the molecule is O=C(Cc1cccc(Cl)c1)Nc1ccc2c(c1)ncn2-c1nccs1. The van der Waals surface area contributed by atoms with Gasteiger partial charge in [0.25, 0.3) is 0 Å². The van der Waals surface area contributed by atoms with Gasteiger partial charge in [-0.25, -0.2) is 9.97 Å². The third-order valence-electron chi connectivity index (χ3n) is 3.71. The Morgan fingerprint density at radius 3 is 2.92 bits per heavy atom. The largest absolute Gasteiger partial charge is 0.326 e. The molecule has 0 fully saturated rings. The van der Waals surface area contributed by atoms with Gasteiger partial charge in [0.05, 0.1) is 17.5 Å². The number of imidazole rings is 1. The Hall–Kier alpha value is -2.70. The standard InChI is InChI=1S/C18H13ClN4OS/c19-13-3-1-2-12(8-13)9-17(24)22-14-4-5-16-15(10-14)21-11-23(16)18-20-6-7-25-18/h1-8,10-11H,9H2,(H,22,24). The second-order valence-electron chi connectivity index (χ2n) is 5.49. The lowest BCUT2D eigenvalue weighted by Crippen LogP contribution is -2.14. The van der Waals surface area contributed by atoms with Crippen molar-refractivity contribution in [3.05, 3.63) is 71.0 Å². The van der Waals surface area contributed by atoms with Gasteiger partial charge in [-0.3, -0.25) is 9.36 Å². The van der Waals surface area contributed by atoms with Crippen molar-refractivity contribution in [2.45, 2.75) is 6.42 Å². The third kappa shape index (κ3) is 3.40. The highest BCUT2D eigenvalue weighted by atomic mass is 35.5. The Kier molecular flexibility index (Phi) is 4.21. The van der Waals surface area contributed by atoms with Crippen molar-refractivity contribution in [2.24, 2.45) is 0 Å². The van der Waals surface area contributed by atoms with Crippen molar-refractivity contribution in [1.82, 2.24) is 14.5 Å². The Morgan fingerprint density at radius 1 is 1.20 bits per heavy atom. The van der Waals surface area contributed by atoms with Crippen LogP contribution < -0.4 is 5.32 Å². The average Bonchev–Trinajstić information content (AvgIpc) is 3.23. The van der Waals surface area contributed by atoms with E-state index in [0.29, 0.717) is 10.7 Å². The van der Waals surface area contributed by atoms with Gasteiger partial charge in [0.2, 0.25) is 5.91 Å². The number of anilines is 1. The van der Waals surface area contributed by atoms with Crippen molar-refractivity contribution in [2.75, 3.05) is 5.32 Å². The summed E-state index contributed by atoms with van der Waals surface area (Å²) in [7, 11) is 0. The van der Waals surface area contributed by atoms with Gasteiger partial charge in [-0.2, -0.15) is 0 Å². The first-order valence-corrected chi connectivity index (χ1v) is 8.86. The maximum Gasteiger partial charge on any atom is 0.228 e. The number of halogens is 1. The molecule has 124 valence electrons. The highest BCUT2D eigenvalue weighted by Gasteiger charge is 2.09. The lowest BCUT2D eigenvalue weighted by Gasteiger charge is -2.06. The number of amides is 1. The lowest BCUT2D eigenvalue weighted by molar-refractivity contribution is -0.115. The molecular formula is C18H13ClN4OS. The normalized spacial score (nSPS) is 10.9. The summed E-state index contributed by atoms with van der Waals surface area (Å²) >= 11 is 7.50. The maximum atomic E-state index is 12.2. The smallest absolute Gasteiger partial charge is 0.228 e. The summed E-state index contributed by atoms with van der Waals surface area (Å²) in [6, 6.07) is 12.9. The Bertz CT molecular complexity index is 1040. The maximum absolute atomic E-state index is 12.2. The predicted molar refractivity (Wildman–Crippen MR) is 101 cm³/mol. The van der Waals surface area contributed by atoms with Crippen molar-refractivity contribution in [3.8, 4) is 5.13 Å². The van der Waals surface area contributed by atoms with E-state index in [2.05, 4.69) is 15.3 Å². The van der Waals surface area contributed by atoms with E-state index in [4.69, 9.17) is 11.6 Å². The summed E-state index contributed by atoms with van der Waals surface area (Å²) in [6.07, 6.45) is 3.77. The van der Waals surface area contributed by atoms with Crippen molar-refractivity contribution in [1.29, 1.82) is 0 Å². The van der Waals surface area contributed by atoms with Gasteiger partial charge in [-0.15, -0.1) is 11.3 Å². The second-order valence-corrected chi connectivity index (χ2v) is 6.80. The fourth-order valence-corrected chi connectivity index (χ4v) is 3.45. The van der Waals surface area contributed by atoms with Crippen LogP contribution in [0.4, 0.5) is 5.69 Å². The molecule has 2 aromatic heterocycles. The molecule has 4 rings (SSSR count). The van der Waals surface area contributed by atoms with Gasteiger partial charge in [-0.1, -0.05) is 23.7 Å². The molecule has 25 heavy (non-hydrogen) atoms. The van der Waals surface area contributed by atoms with Gasteiger partial charge in [0.15, 0.2) is 5.13 Å². The molecular weight excluding hydrogens is 356 g/mol. The number of nitrogens with zero attached hydrogens (tertiary/aromatic N) is 3. The van der Waals surface area contributed by atoms with Crippen molar-refractivity contribution < 1.29 is 4.79 Å². The lowest BCUT2D eigenvalue weighted by atomic mass is 10.1. The number of hydrogen-bond donors (Lipinski definition) is 1. The van der Waals surface area contributed by atoms with Crippen LogP contribution in [-0.4, -0.2) is 20.4 Å². The molecule has 4 aromatic rings.